The summed E-state index contributed by atoms with van der Waals surface area (Å²) in [5.74, 6) is 0.601. The summed E-state index contributed by atoms with van der Waals surface area (Å²) in [5, 5.41) is 11.8. The van der Waals surface area contributed by atoms with E-state index in [0.29, 0.717) is 17.0 Å². The van der Waals surface area contributed by atoms with Crippen LogP contribution in [0.2, 0.25) is 0 Å². The lowest BCUT2D eigenvalue weighted by molar-refractivity contribution is 0.0937. The minimum Gasteiger partial charge on any atom is -0.350 e. The number of hydrogen-bond acceptors (Lipinski definition) is 2. The summed E-state index contributed by atoms with van der Waals surface area (Å²) in [5.41, 5.74) is 1.06. The third-order valence-corrected chi connectivity index (χ3v) is 3.05. The number of nitrogens with zero attached hydrogens (tertiary/aromatic N) is 1. The highest BCUT2D eigenvalue weighted by atomic mass is 16.1. The predicted octanol–water partition coefficient (Wildman–Crippen LogP) is 3.50. The lowest BCUT2D eigenvalue weighted by Crippen LogP contribution is -2.32. The molecular formula is C16H22N2O. The highest BCUT2D eigenvalue weighted by Gasteiger charge is 2.10. The highest BCUT2D eigenvalue weighted by Crippen LogP contribution is 2.09. The minimum absolute atomic E-state index is 0.103. The van der Waals surface area contributed by atoms with Gasteiger partial charge in [0, 0.05) is 11.6 Å². The molecule has 1 aromatic rings. The second-order valence-corrected chi connectivity index (χ2v) is 5.39. The van der Waals surface area contributed by atoms with Gasteiger partial charge in [-0.3, -0.25) is 4.79 Å². The van der Waals surface area contributed by atoms with Crippen molar-refractivity contribution in [2.45, 2.75) is 46.1 Å². The van der Waals surface area contributed by atoms with Crippen LogP contribution in [0.4, 0.5) is 0 Å². The fraction of sp³-hybridized carbons (Fsp3) is 0.500. The molecule has 0 aromatic heterocycles. The largest absolute Gasteiger partial charge is 0.350 e. The molecule has 1 N–H and O–H groups in total. The number of carbonyl (C=O) groups is 1. The minimum atomic E-state index is -0.103. The highest BCUT2D eigenvalue weighted by molar-refractivity contribution is 5.94. The van der Waals surface area contributed by atoms with Gasteiger partial charge in [0.15, 0.2) is 0 Å². The van der Waals surface area contributed by atoms with Gasteiger partial charge in [-0.25, -0.2) is 0 Å². The summed E-state index contributed by atoms with van der Waals surface area (Å²) in [6.07, 6.45) is 3.29. The van der Waals surface area contributed by atoms with Gasteiger partial charge in [-0.1, -0.05) is 32.8 Å². The van der Waals surface area contributed by atoms with Crippen molar-refractivity contribution in [3.05, 3.63) is 35.4 Å². The van der Waals surface area contributed by atoms with Crippen molar-refractivity contribution in [1.82, 2.24) is 5.32 Å². The van der Waals surface area contributed by atoms with Crippen molar-refractivity contribution >= 4 is 5.91 Å². The molecule has 0 heterocycles. The molecule has 1 atom stereocenters. The molecule has 3 heteroatoms. The van der Waals surface area contributed by atoms with Crippen molar-refractivity contribution in [3.8, 4) is 6.07 Å². The molecule has 1 aromatic carbocycles. The average Bonchev–Trinajstić information content (AvgIpc) is 2.38. The first kappa shape index (κ1) is 15.2. The Hall–Kier alpha value is -1.82. The van der Waals surface area contributed by atoms with Crippen LogP contribution in [0.1, 0.15) is 56.0 Å². The van der Waals surface area contributed by atoms with Gasteiger partial charge in [0.25, 0.3) is 5.91 Å². The van der Waals surface area contributed by atoms with Crippen molar-refractivity contribution in [2.75, 3.05) is 0 Å². The maximum absolute atomic E-state index is 12.0. The number of nitrogens with one attached hydrogen (secondary N) is 1. The smallest absolute Gasteiger partial charge is 0.251 e. The van der Waals surface area contributed by atoms with E-state index >= 15 is 0 Å². The summed E-state index contributed by atoms with van der Waals surface area (Å²) >= 11 is 0. The van der Waals surface area contributed by atoms with Crippen molar-refractivity contribution in [2.24, 2.45) is 5.92 Å². The zero-order valence-electron chi connectivity index (χ0n) is 11.9. The number of amides is 1. The van der Waals surface area contributed by atoms with Crippen LogP contribution in [0.25, 0.3) is 0 Å². The molecule has 0 unspecified atom stereocenters. The predicted molar refractivity (Wildman–Crippen MR) is 76.8 cm³/mol. The number of nitriles is 1. The first-order valence-corrected chi connectivity index (χ1v) is 6.84. The molecule has 1 amide bonds. The van der Waals surface area contributed by atoms with Crippen molar-refractivity contribution in [3.63, 3.8) is 0 Å². The molecule has 0 aliphatic rings. The van der Waals surface area contributed by atoms with Gasteiger partial charge in [-0.05, 0) is 37.5 Å². The molecule has 0 saturated heterocycles. The Bertz CT molecular complexity index is 460. The molecule has 1 rings (SSSR count). The topological polar surface area (TPSA) is 52.9 Å². The first-order chi connectivity index (χ1) is 9.02. The monoisotopic (exact) mass is 258 g/mol. The molecule has 0 saturated carbocycles. The zero-order chi connectivity index (χ0) is 14.3. The van der Waals surface area contributed by atoms with Crippen LogP contribution in [-0.2, 0) is 0 Å². The molecule has 0 aliphatic carbocycles. The summed E-state index contributed by atoms with van der Waals surface area (Å²) in [6, 6.07) is 8.99. The van der Waals surface area contributed by atoms with E-state index in [4.69, 9.17) is 5.26 Å². The fourth-order valence-electron chi connectivity index (χ4n) is 1.94. The summed E-state index contributed by atoms with van der Waals surface area (Å²) in [7, 11) is 0. The molecule has 102 valence electrons. The van der Waals surface area contributed by atoms with E-state index in [1.54, 1.807) is 24.3 Å². The van der Waals surface area contributed by atoms with Gasteiger partial charge in [-0.2, -0.15) is 5.26 Å². The van der Waals surface area contributed by atoms with Gasteiger partial charge >= 0.3 is 0 Å². The maximum Gasteiger partial charge on any atom is 0.251 e. The van der Waals surface area contributed by atoms with Crippen molar-refractivity contribution in [1.29, 1.82) is 5.26 Å². The molecule has 0 spiro atoms. The first-order valence-electron chi connectivity index (χ1n) is 6.84. The van der Waals surface area contributed by atoms with Gasteiger partial charge in [0.1, 0.15) is 0 Å². The Kier molecular flexibility index (Phi) is 6.08. The molecule has 0 radical (unpaired) electrons. The van der Waals surface area contributed by atoms with Crippen LogP contribution in [0.3, 0.4) is 0 Å². The van der Waals surface area contributed by atoms with Crippen molar-refractivity contribution < 1.29 is 4.79 Å². The Labute approximate surface area is 115 Å². The van der Waals surface area contributed by atoms with Crippen LogP contribution >= 0.6 is 0 Å². The van der Waals surface area contributed by atoms with E-state index < -0.39 is 0 Å². The Morgan fingerprint density at radius 1 is 1.32 bits per heavy atom. The van der Waals surface area contributed by atoms with E-state index in [9.17, 15) is 4.79 Å². The average molecular weight is 258 g/mol. The maximum atomic E-state index is 12.0. The van der Waals surface area contributed by atoms with Crippen LogP contribution in [0, 0.1) is 17.2 Å². The van der Waals surface area contributed by atoms with Gasteiger partial charge < -0.3 is 5.32 Å². The Morgan fingerprint density at radius 2 is 2.05 bits per heavy atom. The molecule has 0 bridgehead atoms. The second kappa shape index (κ2) is 7.58. The molecule has 0 fully saturated rings. The van der Waals surface area contributed by atoms with Gasteiger partial charge in [0.05, 0.1) is 11.6 Å². The molecule has 19 heavy (non-hydrogen) atoms. The Balaban J connectivity index is 2.47. The van der Waals surface area contributed by atoms with Gasteiger partial charge in [0.2, 0.25) is 0 Å². The molecule has 3 nitrogen and oxygen atoms in total. The fourth-order valence-corrected chi connectivity index (χ4v) is 1.94. The van der Waals surface area contributed by atoms with E-state index in [1.165, 1.54) is 6.42 Å². The lowest BCUT2D eigenvalue weighted by atomic mass is 10.0. The summed E-state index contributed by atoms with van der Waals surface area (Å²) in [6.45, 7) is 6.43. The lowest BCUT2D eigenvalue weighted by Gasteiger charge is -2.14. The Morgan fingerprint density at radius 3 is 2.68 bits per heavy atom. The van der Waals surface area contributed by atoms with E-state index in [0.717, 1.165) is 12.8 Å². The number of hydrogen-bond donors (Lipinski definition) is 1. The second-order valence-electron chi connectivity index (χ2n) is 5.39. The van der Waals surface area contributed by atoms with E-state index in [1.807, 2.05) is 13.0 Å². The third-order valence-electron chi connectivity index (χ3n) is 3.05. The van der Waals surface area contributed by atoms with E-state index in [2.05, 4.69) is 19.2 Å². The third kappa shape index (κ3) is 5.56. The quantitative estimate of drug-likeness (QED) is 0.849. The summed E-state index contributed by atoms with van der Waals surface area (Å²) < 4.78 is 0. The standard InChI is InChI=1S/C16H22N2O/c1-12(2)6-4-7-13(3)18-16(19)15-9-5-8-14(10-15)11-17/h5,8-10,12-13H,4,6-7H2,1-3H3,(H,18,19)/t13-/m1/s1. The van der Waals surface area contributed by atoms with Gasteiger partial charge in [-0.15, -0.1) is 0 Å². The molecule has 0 aliphatic heterocycles. The summed E-state index contributed by atoms with van der Waals surface area (Å²) in [4.78, 5) is 12.0. The number of rotatable bonds is 6. The zero-order valence-corrected chi connectivity index (χ0v) is 11.9. The van der Waals surface area contributed by atoms with Crippen LogP contribution in [-0.4, -0.2) is 11.9 Å². The SMILES string of the molecule is CC(C)CCC[C@@H](C)NC(=O)c1cccc(C#N)c1. The van der Waals surface area contributed by atoms with Crippen LogP contribution in [0.5, 0.6) is 0 Å². The van der Waals surface area contributed by atoms with Crippen LogP contribution in [0.15, 0.2) is 24.3 Å². The van der Waals surface area contributed by atoms with Crippen LogP contribution < -0.4 is 5.32 Å². The number of benzene rings is 1. The molecular weight excluding hydrogens is 236 g/mol. The normalized spacial score (nSPS) is 11.9. The van der Waals surface area contributed by atoms with E-state index in [-0.39, 0.29) is 11.9 Å². The number of carbonyl (C=O) groups excluding carboxylic acids is 1.